The molecule has 0 radical (unpaired) electrons. The van der Waals surface area contributed by atoms with Gasteiger partial charge in [-0.25, -0.2) is 9.59 Å². The first-order valence-corrected chi connectivity index (χ1v) is 12.1. The van der Waals surface area contributed by atoms with Gasteiger partial charge in [0.05, 0.1) is 43.8 Å². The number of anilines is 2. The van der Waals surface area contributed by atoms with E-state index in [-0.39, 0.29) is 0 Å². The number of carbonyl (C=O) groups excluding carboxylic acids is 2. The van der Waals surface area contributed by atoms with Gasteiger partial charge in [0.2, 0.25) is 0 Å². The van der Waals surface area contributed by atoms with Gasteiger partial charge in [-0.05, 0) is 43.2 Å². The molecule has 3 rings (SSSR count). The first-order valence-electron chi connectivity index (χ1n) is 6.18. The normalized spacial score (nSPS) is 13.4. The fraction of sp³-hybridized carbons (Fsp3) is 0.167. The molecule has 6 nitrogen and oxygen atoms in total. The van der Waals surface area contributed by atoms with E-state index in [1.807, 2.05) is 0 Å². The Morgan fingerprint density at radius 3 is 1.46 bits per heavy atom. The third-order valence-electron chi connectivity index (χ3n) is 2.88. The van der Waals surface area contributed by atoms with Crippen molar-refractivity contribution in [2.45, 2.75) is 18.2 Å². The SMILES string of the molecule is COC(=O)c1sc2c(c1N)SSc1sc(C(=O)OC)c(N)c1SS2. The molecule has 0 fully saturated rings. The lowest BCUT2D eigenvalue weighted by Gasteiger charge is -2.09. The lowest BCUT2D eigenvalue weighted by atomic mass is 10.4. The summed E-state index contributed by atoms with van der Waals surface area (Å²) in [7, 11) is 8.47. The minimum Gasteiger partial charge on any atom is -0.465 e. The zero-order chi connectivity index (χ0) is 17.4. The van der Waals surface area contributed by atoms with Crippen molar-refractivity contribution in [3.63, 3.8) is 0 Å². The molecule has 1 aliphatic rings. The Morgan fingerprint density at radius 2 is 1.12 bits per heavy atom. The van der Waals surface area contributed by atoms with E-state index in [0.717, 1.165) is 18.2 Å². The van der Waals surface area contributed by atoms with Gasteiger partial charge in [0.15, 0.2) is 0 Å². The number of rotatable bonds is 2. The third kappa shape index (κ3) is 3.10. The van der Waals surface area contributed by atoms with Crippen LogP contribution in [0.15, 0.2) is 18.2 Å². The van der Waals surface area contributed by atoms with Gasteiger partial charge >= 0.3 is 11.9 Å². The van der Waals surface area contributed by atoms with Crippen molar-refractivity contribution in [1.29, 1.82) is 0 Å². The second kappa shape index (κ2) is 7.30. The lowest BCUT2D eigenvalue weighted by Crippen LogP contribution is -2.01. The van der Waals surface area contributed by atoms with E-state index in [1.165, 1.54) is 80.1 Å². The summed E-state index contributed by atoms with van der Waals surface area (Å²) in [5.74, 6) is -0.884. The number of ether oxygens (including phenoxy) is 2. The van der Waals surface area contributed by atoms with Crippen LogP contribution in [0, 0.1) is 0 Å². The van der Waals surface area contributed by atoms with Crippen LogP contribution in [-0.2, 0) is 9.47 Å². The molecule has 0 saturated carbocycles. The summed E-state index contributed by atoms with van der Waals surface area (Å²) in [5.41, 5.74) is 13.1. The largest absolute Gasteiger partial charge is 0.465 e. The van der Waals surface area contributed by atoms with E-state index in [2.05, 4.69) is 0 Å². The maximum Gasteiger partial charge on any atom is 0.350 e. The number of nitrogens with two attached hydrogens (primary N) is 2. The van der Waals surface area contributed by atoms with E-state index in [1.54, 1.807) is 0 Å². The number of hydrogen-bond donors (Lipinski definition) is 2. The highest BCUT2D eigenvalue weighted by atomic mass is 33.1. The van der Waals surface area contributed by atoms with E-state index in [9.17, 15) is 9.59 Å². The molecule has 0 amide bonds. The highest BCUT2D eigenvalue weighted by molar-refractivity contribution is 8.79. The van der Waals surface area contributed by atoms with E-state index >= 15 is 0 Å². The summed E-state index contributed by atoms with van der Waals surface area (Å²) in [6.07, 6.45) is 0. The summed E-state index contributed by atoms with van der Waals surface area (Å²) in [6, 6.07) is 0. The van der Waals surface area contributed by atoms with Crippen molar-refractivity contribution in [2.24, 2.45) is 0 Å². The zero-order valence-corrected chi connectivity index (χ0v) is 17.1. The molecule has 0 aromatic carbocycles. The van der Waals surface area contributed by atoms with Crippen molar-refractivity contribution in [3.8, 4) is 0 Å². The number of hydrogen-bond acceptors (Lipinski definition) is 12. The van der Waals surface area contributed by atoms with Gasteiger partial charge in [-0.1, -0.05) is 0 Å². The topological polar surface area (TPSA) is 105 Å². The number of esters is 2. The Morgan fingerprint density at radius 1 is 0.750 bits per heavy atom. The molecule has 0 unspecified atom stereocenters. The predicted octanol–water partition coefficient (Wildman–Crippen LogP) is 4.46. The monoisotopic (exact) mass is 438 g/mol. The molecular formula is C12H10N2O4S6. The number of thiophene rings is 2. The van der Waals surface area contributed by atoms with Crippen molar-refractivity contribution in [2.75, 3.05) is 25.7 Å². The van der Waals surface area contributed by atoms with Crippen LogP contribution in [0.1, 0.15) is 19.3 Å². The van der Waals surface area contributed by atoms with Crippen molar-refractivity contribution in [3.05, 3.63) is 9.75 Å². The molecule has 12 heteroatoms. The Kier molecular flexibility index (Phi) is 5.52. The van der Waals surface area contributed by atoms with Gasteiger partial charge < -0.3 is 20.9 Å². The van der Waals surface area contributed by atoms with Crippen LogP contribution in [0.5, 0.6) is 0 Å². The Labute approximate surface area is 161 Å². The van der Waals surface area contributed by atoms with Crippen LogP contribution < -0.4 is 11.5 Å². The molecule has 3 heterocycles. The zero-order valence-electron chi connectivity index (χ0n) is 12.2. The molecule has 0 spiro atoms. The van der Waals surface area contributed by atoms with Crippen molar-refractivity contribution in [1.82, 2.24) is 0 Å². The maximum atomic E-state index is 11.8. The fourth-order valence-electron chi connectivity index (χ4n) is 1.73. The minimum atomic E-state index is -0.442. The molecule has 0 aliphatic carbocycles. The smallest absolute Gasteiger partial charge is 0.350 e. The van der Waals surface area contributed by atoms with Crippen LogP contribution in [-0.4, -0.2) is 26.2 Å². The maximum absolute atomic E-state index is 11.8. The van der Waals surface area contributed by atoms with Crippen LogP contribution >= 0.6 is 65.8 Å². The number of methoxy groups -OCH3 is 2. The molecule has 0 atom stereocenters. The lowest BCUT2D eigenvalue weighted by molar-refractivity contribution is 0.0598. The summed E-state index contributed by atoms with van der Waals surface area (Å²) >= 11 is 2.59. The molecule has 4 N–H and O–H groups in total. The highest BCUT2D eigenvalue weighted by Crippen LogP contribution is 2.61. The molecule has 0 saturated heterocycles. The van der Waals surface area contributed by atoms with Crippen LogP contribution in [0.4, 0.5) is 11.4 Å². The summed E-state index contributed by atoms with van der Waals surface area (Å²) < 4.78 is 11.4. The predicted molar refractivity (Wildman–Crippen MR) is 104 cm³/mol. The van der Waals surface area contributed by atoms with Crippen LogP contribution in [0.2, 0.25) is 0 Å². The Bertz CT molecular complexity index is 762. The molecular weight excluding hydrogens is 429 g/mol. The minimum absolute atomic E-state index is 0.400. The van der Waals surface area contributed by atoms with Crippen LogP contribution in [0.25, 0.3) is 0 Å². The van der Waals surface area contributed by atoms with Gasteiger partial charge in [-0.15, -0.1) is 22.7 Å². The molecule has 128 valence electrons. The molecule has 2 aromatic rings. The first kappa shape index (κ1) is 18.1. The number of carbonyl (C=O) groups is 2. The van der Waals surface area contributed by atoms with Gasteiger partial charge in [0, 0.05) is 0 Å². The van der Waals surface area contributed by atoms with Crippen LogP contribution in [0.3, 0.4) is 0 Å². The molecule has 1 aliphatic heterocycles. The Hall–Kier alpha value is -0.660. The van der Waals surface area contributed by atoms with Crippen molar-refractivity contribution < 1.29 is 19.1 Å². The second-order valence-electron chi connectivity index (χ2n) is 4.24. The molecule has 2 aromatic heterocycles. The quantitative estimate of drug-likeness (QED) is 0.516. The van der Waals surface area contributed by atoms with Gasteiger partial charge in [-0.2, -0.15) is 0 Å². The second-order valence-corrected chi connectivity index (χ2v) is 11.1. The van der Waals surface area contributed by atoms with E-state index < -0.39 is 11.9 Å². The standard InChI is InChI=1S/C12H10N2O4S6/c1-17-9(15)5-3(13)7-11(19-5)23-22-8-4(14)6(10(16)18-2)20-12(8)24-21-7/h13-14H2,1-2H3. The third-order valence-corrected chi connectivity index (χ3v) is 11.6. The van der Waals surface area contributed by atoms with Crippen molar-refractivity contribution >= 4 is 89.2 Å². The summed E-state index contributed by atoms with van der Waals surface area (Å²) in [5, 5.41) is 0. The first-order chi connectivity index (χ1) is 11.5. The van der Waals surface area contributed by atoms with Gasteiger partial charge in [-0.3, -0.25) is 0 Å². The fourth-order valence-corrected chi connectivity index (χ4v) is 11.0. The molecule has 24 heavy (non-hydrogen) atoms. The van der Waals surface area contributed by atoms with E-state index in [0.29, 0.717) is 21.1 Å². The number of fused-ring (bicyclic) bond motifs is 2. The Balaban J connectivity index is 1.96. The average molecular weight is 439 g/mol. The van der Waals surface area contributed by atoms with Gasteiger partial charge in [0.1, 0.15) is 9.75 Å². The summed E-state index contributed by atoms with van der Waals surface area (Å²) in [6.45, 7) is 0. The highest BCUT2D eigenvalue weighted by Gasteiger charge is 2.29. The van der Waals surface area contributed by atoms with Gasteiger partial charge in [0.25, 0.3) is 0 Å². The van der Waals surface area contributed by atoms with E-state index in [4.69, 9.17) is 20.9 Å². The molecule has 0 bridgehead atoms. The summed E-state index contributed by atoms with van der Waals surface area (Å²) in [4.78, 5) is 26.1. The average Bonchev–Trinajstić information content (AvgIpc) is 3.04. The number of nitrogen functional groups attached to an aromatic ring is 2.